The van der Waals surface area contributed by atoms with Crippen LogP contribution in [0, 0.1) is 20.8 Å². The van der Waals surface area contributed by atoms with Gasteiger partial charge in [-0.2, -0.15) is 6.16 Å². The van der Waals surface area contributed by atoms with Crippen LogP contribution in [-0.2, 0) is 0 Å². The van der Waals surface area contributed by atoms with Crippen LogP contribution in [0.1, 0.15) is 33.5 Å². The summed E-state index contributed by atoms with van der Waals surface area (Å²) in [4.78, 5) is 11.8. The predicted octanol–water partition coefficient (Wildman–Crippen LogP) is 3.33. The number of carbonyl (C=O) groups is 1. The van der Waals surface area contributed by atoms with Crippen LogP contribution in [0.15, 0.2) is 12.1 Å². The minimum atomic E-state index is 0.235. The molecule has 76 valence electrons. The first kappa shape index (κ1) is 11.4. The smallest absolute Gasteiger partial charge is 0.161 e. The van der Waals surface area contributed by atoms with Crippen LogP contribution in [0.3, 0.4) is 0 Å². The summed E-state index contributed by atoms with van der Waals surface area (Å²) in [5.41, 5.74) is 4.30. The van der Waals surface area contributed by atoms with Gasteiger partial charge in [-0.25, -0.2) is 0 Å². The van der Waals surface area contributed by atoms with E-state index in [1.54, 1.807) is 0 Å². The van der Waals surface area contributed by atoms with Gasteiger partial charge in [-0.1, -0.05) is 12.1 Å². The van der Waals surface area contributed by atoms with Crippen molar-refractivity contribution in [2.24, 2.45) is 0 Å². The fourth-order valence-electron chi connectivity index (χ4n) is 1.62. The molecule has 0 saturated heterocycles. The molecule has 2 heteroatoms. The molecule has 0 aromatic heterocycles. The number of ketones is 1. The highest BCUT2D eigenvalue weighted by Crippen LogP contribution is 2.19. The monoisotopic (exact) mass is 207 g/mol. The van der Waals surface area contributed by atoms with Gasteiger partial charge >= 0.3 is 0 Å². The molecule has 0 aliphatic heterocycles. The van der Waals surface area contributed by atoms with E-state index in [0.29, 0.717) is 6.42 Å². The third-order valence-corrected chi connectivity index (χ3v) is 2.83. The summed E-state index contributed by atoms with van der Waals surface area (Å²) in [5, 5.41) is 0. The summed E-state index contributed by atoms with van der Waals surface area (Å²) in [6.45, 7) is 6.05. The Morgan fingerprint density at radius 2 is 1.79 bits per heavy atom. The highest BCUT2D eigenvalue weighted by Gasteiger charge is 2.11. The van der Waals surface area contributed by atoms with Crippen molar-refractivity contribution in [3.63, 3.8) is 0 Å². The number of Topliss-reactive ketones (excluding diaryl/α,β-unsaturated/α-hetero) is 1. The van der Waals surface area contributed by atoms with Gasteiger partial charge in [-0.15, -0.1) is 0 Å². The third kappa shape index (κ3) is 2.22. The molecular weight excluding hydrogens is 191 g/mol. The quantitative estimate of drug-likeness (QED) is 0.549. The maximum atomic E-state index is 11.8. The summed E-state index contributed by atoms with van der Waals surface area (Å²) in [7, 11) is 3.34. The SMILES string of the molecule is Cc1ccc(C)c(C(=O)CC[PH-])c1C. The van der Waals surface area contributed by atoms with Gasteiger partial charge in [0.15, 0.2) is 5.78 Å². The minimum Gasteiger partial charge on any atom is -0.558 e. The summed E-state index contributed by atoms with van der Waals surface area (Å²) in [6.07, 6.45) is 1.30. The Hall–Kier alpha value is -0.680. The lowest BCUT2D eigenvalue weighted by Crippen LogP contribution is -2.06. The number of hydrogen-bond donors (Lipinski definition) is 0. The molecule has 14 heavy (non-hydrogen) atoms. The van der Waals surface area contributed by atoms with Crippen LogP contribution in [0.4, 0.5) is 0 Å². The molecule has 1 nitrogen and oxygen atoms in total. The summed E-state index contributed by atoms with van der Waals surface area (Å²) >= 11 is 0. The molecule has 0 radical (unpaired) electrons. The van der Waals surface area contributed by atoms with Gasteiger partial charge in [0.05, 0.1) is 0 Å². The topological polar surface area (TPSA) is 17.1 Å². The fourth-order valence-corrected chi connectivity index (χ4v) is 1.85. The van der Waals surface area contributed by atoms with Gasteiger partial charge in [0, 0.05) is 5.56 Å². The van der Waals surface area contributed by atoms with Crippen molar-refractivity contribution >= 4 is 15.0 Å². The molecule has 0 unspecified atom stereocenters. The summed E-state index contributed by atoms with van der Waals surface area (Å²) in [5.74, 6) is 0.235. The predicted molar refractivity (Wildman–Crippen MR) is 62.8 cm³/mol. The van der Waals surface area contributed by atoms with E-state index in [4.69, 9.17) is 0 Å². The van der Waals surface area contributed by atoms with Gasteiger partial charge in [0.1, 0.15) is 0 Å². The van der Waals surface area contributed by atoms with Crippen LogP contribution in [0.2, 0.25) is 0 Å². The number of aryl methyl sites for hydroxylation is 2. The first-order valence-electron chi connectivity index (χ1n) is 4.82. The van der Waals surface area contributed by atoms with E-state index >= 15 is 0 Å². The van der Waals surface area contributed by atoms with Crippen molar-refractivity contribution in [3.05, 3.63) is 34.4 Å². The molecule has 0 spiro atoms. The van der Waals surface area contributed by atoms with Crippen molar-refractivity contribution in [3.8, 4) is 0 Å². The van der Waals surface area contributed by atoms with Gasteiger partial charge < -0.3 is 9.24 Å². The molecule has 0 bridgehead atoms. The van der Waals surface area contributed by atoms with Crippen molar-refractivity contribution in [1.29, 1.82) is 0 Å². The highest BCUT2D eigenvalue weighted by molar-refractivity contribution is 7.16. The normalized spacial score (nSPS) is 10.3. The van der Waals surface area contributed by atoms with E-state index in [1.807, 2.05) is 26.8 Å². The van der Waals surface area contributed by atoms with Crippen molar-refractivity contribution < 1.29 is 4.79 Å². The lowest BCUT2D eigenvalue weighted by atomic mass is 9.94. The second kappa shape index (κ2) is 4.70. The van der Waals surface area contributed by atoms with E-state index in [0.717, 1.165) is 22.9 Å². The average Bonchev–Trinajstić information content (AvgIpc) is 2.13. The first-order chi connectivity index (χ1) is 6.57. The maximum Gasteiger partial charge on any atom is 0.161 e. The minimum absolute atomic E-state index is 0.235. The summed E-state index contributed by atoms with van der Waals surface area (Å²) < 4.78 is 0. The van der Waals surface area contributed by atoms with Gasteiger partial charge in [0.25, 0.3) is 0 Å². The molecule has 1 rings (SSSR count). The molecule has 0 aliphatic rings. The zero-order valence-electron chi connectivity index (χ0n) is 8.98. The standard InChI is InChI=1S/C12H16OP/c1-8-4-5-9(2)12(10(8)3)11(13)6-7-14/h4-5,14H,6-7H2,1-3H3/q-1. The third-order valence-electron chi connectivity index (χ3n) is 2.58. The molecule has 0 saturated carbocycles. The van der Waals surface area contributed by atoms with Crippen molar-refractivity contribution in [2.75, 3.05) is 6.16 Å². The number of carbonyl (C=O) groups excluding carboxylic acids is 1. The Labute approximate surface area is 88.1 Å². The Morgan fingerprint density at radius 1 is 1.21 bits per heavy atom. The van der Waals surface area contributed by atoms with E-state index in [2.05, 4.69) is 15.3 Å². The Balaban J connectivity index is 3.18. The van der Waals surface area contributed by atoms with Gasteiger partial charge in [0.2, 0.25) is 0 Å². The van der Waals surface area contributed by atoms with Crippen molar-refractivity contribution in [1.82, 2.24) is 0 Å². The highest BCUT2D eigenvalue weighted by atomic mass is 31.0. The lowest BCUT2D eigenvalue weighted by Gasteiger charge is -2.11. The van der Waals surface area contributed by atoms with Crippen LogP contribution < -0.4 is 0 Å². The van der Waals surface area contributed by atoms with E-state index in [-0.39, 0.29) is 5.78 Å². The van der Waals surface area contributed by atoms with E-state index in [1.165, 1.54) is 5.56 Å². The van der Waals surface area contributed by atoms with Crippen LogP contribution >= 0.6 is 9.24 Å². The molecule has 0 amide bonds. The Bertz CT molecular complexity index is 356. The van der Waals surface area contributed by atoms with E-state index < -0.39 is 0 Å². The largest absolute Gasteiger partial charge is 0.558 e. The number of benzene rings is 1. The van der Waals surface area contributed by atoms with Crippen LogP contribution in [-0.4, -0.2) is 11.9 Å². The zero-order chi connectivity index (χ0) is 10.7. The zero-order valence-corrected chi connectivity index (χ0v) is 9.98. The molecule has 0 N–H and O–H groups in total. The fraction of sp³-hybridized carbons (Fsp3) is 0.417. The maximum absolute atomic E-state index is 11.8. The summed E-state index contributed by atoms with van der Waals surface area (Å²) in [6, 6.07) is 4.08. The first-order valence-corrected chi connectivity index (χ1v) is 5.53. The second-order valence-electron chi connectivity index (χ2n) is 3.62. The molecule has 0 heterocycles. The number of rotatable bonds is 3. The number of hydrogen-bond acceptors (Lipinski definition) is 1. The lowest BCUT2D eigenvalue weighted by molar-refractivity contribution is 0.0988. The molecule has 0 atom stereocenters. The van der Waals surface area contributed by atoms with Gasteiger partial charge in [-0.05, 0) is 43.9 Å². The Morgan fingerprint density at radius 3 is 2.36 bits per heavy atom. The van der Waals surface area contributed by atoms with Crippen LogP contribution in [0.5, 0.6) is 0 Å². The van der Waals surface area contributed by atoms with Gasteiger partial charge in [-0.3, -0.25) is 4.79 Å². The molecule has 1 aromatic carbocycles. The van der Waals surface area contributed by atoms with Crippen molar-refractivity contribution in [2.45, 2.75) is 27.2 Å². The molecule has 0 aliphatic carbocycles. The Kier molecular flexibility index (Phi) is 3.83. The molecular formula is C12H16OP-. The van der Waals surface area contributed by atoms with E-state index in [9.17, 15) is 4.79 Å². The molecule has 0 fully saturated rings. The molecule has 1 aromatic rings. The average molecular weight is 207 g/mol. The van der Waals surface area contributed by atoms with Crippen LogP contribution in [0.25, 0.3) is 0 Å². The second-order valence-corrected chi connectivity index (χ2v) is 4.12.